The number of ether oxygens (including phenoxy) is 3. The minimum atomic E-state index is -1.20. The van der Waals surface area contributed by atoms with Gasteiger partial charge in [-0.25, -0.2) is 4.98 Å². The summed E-state index contributed by atoms with van der Waals surface area (Å²) in [4.78, 5) is 31.1. The van der Waals surface area contributed by atoms with Gasteiger partial charge in [-0.3, -0.25) is 9.59 Å². The zero-order chi connectivity index (χ0) is 28.6. The molecule has 7 rings (SSSR count). The van der Waals surface area contributed by atoms with Crippen LogP contribution in [-0.2, 0) is 19.1 Å². The Morgan fingerprint density at radius 1 is 1.22 bits per heavy atom. The maximum absolute atomic E-state index is 14.5. The number of carbonyl (C=O) groups excluding carboxylic acids is 2. The zero-order valence-electron chi connectivity index (χ0n) is 24.0. The van der Waals surface area contributed by atoms with Crippen molar-refractivity contribution >= 4 is 22.3 Å². The molecule has 0 bridgehead atoms. The molecule has 1 aromatic heterocycles. The lowest BCUT2D eigenvalue weighted by Gasteiger charge is -2.59. The molecule has 7 nitrogen and oxygen atoms in total. The molecule has 41 heavy (non-hydrogen) atoms. The number of pyridine rings is 1. The van der Waals surface area contributed by atoms with E-state index in [1.54, 1.807) is 18.3 Å². The number of aliphatic hydroxyl groups excluding tert-OH is 1. The van der Waals surface area contributed by atoms with Crippen molar-refractivity contribution < 1.29 is 28.9 Å². The summed E-state index contributed by atoms with van der Waals surface area (Å²) in [6.45, 7) is 6.20. The number of nitrogens with zero attached hydrogens (tertiary/aromatic N) is 1. The first-order valence-corrected chi connectivity index (χ1v) is 15.2. The van der Waals surface area contributed by atoms with E-state index in [-0.39, 0.29) is 41.3 Å². The van der Waals surface area contributed by atoms with Crippen LogP contribution in [-0.4, -0.2) is 52.4 Å². The molecule has 1 aromatic carbocycles. The van der Waals surface area contributed by atoms with Crippen molar-refractivity contribution in [3.8, 4) is 5.88 Å². The van der Waals surface area contributed by atoms with Crippen LogP contribution in [0.25, 0.3) is 10.8 Å². The fourth-order valence-corrected chi connectivity index (χ4v) is 9.45. The molecule has 3 saturated carbocycles. The molecule has 2 heterocycles. The fraction of sp³-hybridized carbons (Fsp3) is 0.559. The maximum Gasteiger partial charge on any atom is 0.221 e. The third-order valence-electron chi connectivity index (χ3n) is 11.2. The SMILES string of the molecule is CCCC1O[C@@H]2CC3C4CCC5=CC(=O)C=CC5(C)C4[C@@H](O)CC3(C)[C@@]2(C(=O)COc2nccc3ccccc23)O1. The molecule has 6 unspecified atom stereocenters. The average Bonchev–Trinajstić information content (AvgIpc) is 3.44. The van der Waals surface area contributed by atoms with E-state index in [2.05, 4.69) is 25.8 Å². The smallest absolute Gasteiger partial charge is 0.221 e. The van der Waals surface area contributed by atoms with Gasteiger partial charge < -0.3 is 19.3 Å². The molecule has 5 aliphatic rings. The van der Waals surface area contributed by atoms with E-state index in [1.807, 2.05) is 36.4 Å². The molecule has 0 radical (unpaired) electrons. The van der Waals surface area contributed by atoms with Crippen LogP contribution in [0, 0.1) is 28.6 Å². The highest BCUT2D eigenvalue weighted by atomic mass is 16.7. The molecule has 0 amide bonds. The predicted octanol–water partition coefficient (Wildman–Crippen LogP) is 5.35. The second-order valence-corrected chi connectivity index (χ2v) is 13.2. The number of aliphatic hydroxyl groups is 1. The molecule has 1 saturated heterocycles. The highest BCUT2D eigenvalue weighted by Gasteiger charge is 2.75. The van der Waals surface area contributed by atoms with Gasteiger partial charge in [0.2, 0.25) is 11.7 Å². The molecule has 0 spiro atoms. The topological polar surface area (TPSA) is 95.0 Å². The number of rotatable bonds is 6. The van der Waals surface area contributed by atoms with E-state index in [4.69, 9.17) is 14.2 Å². The summed E-state index contributed by atoms with van der Waals surface area (Å²) in [6, 6.07) is 9.76. The Bertz CT molecular complexity index is 1460. The standard InChI is InChI=1S/C34H39NO6/c1-4-7-29-40-28-17-25-24-11-10-21-16-22(36)12-14-32(21,2)30(24)26(37)18-33(25,3)34(28,41-29)27(38)19-39-31-23-9-6-5-8-20(23)13-15-35-31/h5-6,8-9,12-16,24-26,28-30,37H,4,7,10-11,17-19H2,1-3H3/t24?,25?,26-,28+,29?,30?,32?,33?,34-/m0/s1. The summed E-state index contributed by atoms with van der Waals surface area (Å²) < 4.78 is 19.4. The molecule has 9 atom stereocenters. The van der Waals surface area contributed by atoms with E-state index in [1.165, 1.54) is 0 Å². The second-order valence-electron chi connectivity index (χ2n) is 13.2. The predicted molar refractivity (Wildman–Crippen MR) is 153 cm³/mol. The van der Waals surface area contributed by atoms with Crippen LogP contribution in [0.1, 0.15) is 59.3 Å². The quantitative estimate of drug-likeness (QED) is 0.512. The molecule has 4 fully saturated rings. The van der Waals surface area contributed by atoms with Crippen LogP contribution in [0.4, 0.5) is 0 Å². The highest BCUT2D eigenvalue weighted by Crippen LogP contribution is 2.69. The van der Waals surface area contributed by atoms with Crippen molar-refractivity contribution in [2.24, 2.45) is 28.6 Å². The summed E-state index contributed by atoms with van der Waals surface area (Å²) in [6.07, 6.45) is 10.0. The molecule has 7 heteroatoms. The lowest BCUT2D eigenvalue weighted by Crippen LogP contribution is -2.63. The number of hydrogen-bond acceptors (Lipinski definition) is 7. The fourth-order valence-electron chi connectivity index (χ4n) is 9.45. The van der Waals surface area contributed by atoms with E-state index in [9.17, 15) is 14.7 Å². The Labute approximate surface area is 241 Å². The molecular weight excluding hydrogens is 518 g/mol. The van der Waals surface area contributed by atoms with Crippen molar-refractivity contribution in [1.29, 1.82) is 0 Å². The number of ketones is 2. The minimum Gasteiger partial charge on any atom is -0.469 e. The first-order chi connectivity index (χ1) is 19.7. The second kappa shape index (κ2) is 9.58. The van der Waals surface area contributed by atoms with Crippen molar-refractivity contribution in [3.05, 3.63) is 60.3 Å². The average molecular weight is 558 g/mol. The van der Waals surface area contributed by atoms with E-state index in [0.717, 1.165) is 35.6 Å². The summed E-state index contributed by atoms with van der Waals surface area (Å²) in [5.41, 5.74) is -1.09. The van der Waals surface area contributed by atoms with Gasteiger partial charge in [0.25, 0.3) is 0 Å². The highest BCUT2D eigenvalue weighted by molar-refractivity contribution is 6.01. The number of fused-ring (bicyclic) bond motifs is 8. The molecule has 2 aromatic rings. The van der Waals surface area contributed by atoms with E-state index >= 15 is 0 Å². The van der Waals surface area contributed by atoms with E-state index < -0.39 is 29.5 Å². The van der Waals surface area contributed by atoms with Gasteiger partial charge in [-0.2, -0.15) is 0 Å². The van der Waals surface area contributed by atoms with E-state index in [0.29, 0.717) is 25.1 Å². The van der Waals surface area contributed by atoms with Gasteiger partial charge in [-0.1, -0.05) is 57.0 Å². The lowest BCUT2D eigenvalue weighted by molar-refractivity contribution is -0.200. The van der Waals surface area contributed by atoms with Gasteiger partial charge in [-0.05, 0) is 73.6 Å². The summed E-state index contributed by atoms with van der Waals surface area (Å²) >= 11 is 0. The van der Waals surface area contributed by atoms with Gasteiger partial charge in [-0.15, -0.1) is 0 Å². The summed E-state index contributed by atoms with van der Waals surface area (Å²) in [5, 5.41) is 13.8. The first-order valence-electron chi connectivity index (χ1n) is 15.2. The van der Waals surface area contributed by atoms with Crippen LogP contribution in [0.3, 0.4) is 0 Å². The van der Waals surface area contributed by atoms with Crippen LogP contribution in [0.15, 0.2) is 60.3 Å². The first kappa shape index (κ1) is 27.0. The molecule has 216 valence electrons. The lowest BCUT2D eigenvalue weighted by atomic mass is 9.46. The molecule has 4 aliphatic carbocycles. The van der Waals surface area contributed by atoms with Crippen molar-refractivity contribution in [1.82, 2.24) is 4.98 Å². The number of hydrogen-bond donors (Lipinski definition) is 1. The third kappa shape index (κ3) is 3.78. The van der Waals surface area contributed by atoms with Crippen molar-refractivity contribution in [3.63, 3.8) is 0 Å². The normalized spacial score (nSPS) is 40.9. The van der Waals surface area contributed by atoms with Gasteiger partial charge >= 0.3 is 0 Å². The Balaban J connectivity index is 1.23. The zero-order valence-corrected chi connectivity index (χ0v) is 24.0. The molecule has 1 aliphatic heterocycles. The number of benzene rings is 1. The number of allylic oxidation sites excluding steroid dienone is 4. The maximum atomic E-state index is 14.5. The van der Waals surface area contributed by atoms with Gasteiger partial charge in [0.05, 0.1) is 12.2 Å². The Morgan fingerprint density at radius 2 is 2.05 bits per heavy atom. The minimum absolute atomic E-state index is 0.0236. The molecule has 1 N–H and O–H groups in total. The largest absolute Gasteiger partial charge is 0.469 e. The van der Waals surface area contributed by atoms with Gasteiger partial charge in [0.1, 0.15) is 0 Å². The van der Waals surface area contributed by atoms with Crippen molar-refractivity contribution in [2.45, 2.75) is 83.4 Å². The number of Topliss-reactive ketones (excluding diaryl/α,β-unsaturated/α-hetero) is 1. The van der Waals surface area contributed by atoms with Crippen LogP contribution >= 0.6 is 0 Å². The number of aromatic nitrogens is 1. The monoisotopic (exact) mass is 557 g/mol. The Hall–Kier alpha value is -2.87. The van der Waals surface area contributed by atoms with Crippen LogP contribution in [0.2, 0.25) is 0 Å². The van der Waals surface area contributed by atoms with Gasteiger partial charge in [0, 0.05) is 28.3 Å². The van der Waals surface area contributed by atoms with Gasteiger partial charge in [0.15, 0.2) is 24.3 Å². The third-order valence-corrected chi connectivity index (χ3v) is 11.2. The summed E-state index contributed by atoms with van der Waals surface area (Å²) in [5.74, 6) is 0.588. The van der Waals surface area contributed by atoms with Crippen molar-refractivity contribution in [2.75, 3.05) is 6.61 Å². The summed E-state index contributed by atoms with van der Waals surface area (Å²) in [7, 11) is 0. The van der Waals surface area contributed by atoms with Crippen LogP contribution < -0.4 is 4.74 Å². The Morgan fingerprint density at radius 3 is 2.88 bits per heavy atom. The molecular formula is C34H39NO6. The van der Waals surface area contributed by atoms with Crippen LogP contribution in [0.5, 0.6) is 5.88 Å². The Kier molecular flexibility index (Phi) is 6.31. The number of carbonyl (C=O) groups is 2.